The number of benzene rings is 2. The molecule has 4 heteroatoms. The van der Waals surface area contributed by atoms with Crippen molar-refractivity contribution in [1.82, 2.24) is 0 Å². The number of carbonyl (C=O) groups excluding carboxylic acids is 1. The third-order valence-electron chi connectivity index (χ3n) is 5.27. The van der Waals surface area contributed by atoms with Gasteiger partial charge >= 0.3 is 0 Å². The lowest BCUT2D eigenvalue weighted by atomic mass is 9.87. The van der Waals surface area contributed by atoms with E-state index >= 15 is 0 Å². The first-order valence-corrected chi connectivity index (χ1v) is 10.3. The quantitative estimate of drug-likeness (QED) is 0.731. The third kappa shape index (κ3) is 5.06. The second-order valence-electron chi connectivity index (χ2n) is 8.52. The molecule has 1 N–H and O–H groups in total. The van der Waals surface area contributed by atoms with E-state index in [1.165, 1.54) is 24.1 Å². The van der Waals surface area contributed by atoms with Crippen molar-refractivity contribution in [1.29, 1.82) is 0 Å². The summed E-state index contributed by atoms with van der Waals surface area (Å²) in [4.78, 5) is 15.0. The van der Waals surface area contributed by atoms with E-state index < -0.39 is 6.10 Å². The maximum Gasteiger partial charge on any atom is 0.265 e. The normalized spacial score (nSPS) is 15.4. The predicted octanol–water partition coefficient (Wildman–Crippen LogP) is 5.38. The van der Waals surface area contributed by atoms with E-state index in [1.54, 1.807) is 0 Å². The number of rotatable bonds is 6. The molecule has 1 fully saturated rings. The first-order chi connectivity index (χ1) is 13.4. The zero-order valence-electron chi connectivity index (χ0n) is 17.5. The van der Waals surface area contributed by atoms with Crippen molar-refractivity contribution in [2.75, 3.05) is 23.3 Å². The zero-order chi connectivity index (χ0) is 20.1. The first-order valence-electron chi connectivity index (χ1n) is 10.3. The van der Waals surface area contributed by atoms with Crippen LogP contribution in [0.1, 0.15) is 52.5 Å². The number of hydrogen-bond acceptors (Lipinski definition) is 3. The first kappa shape index (κ1) is 20.2. The lowest BCUT2D eigenvalue weighted by Gasteiger charge is -2.21. The number of hydrogen-bond donors (Lipinski definition) is 1. The van der Waals surface area contributed by atoms with Crippen molar-refractivity contribution in [3.63, 3.8) is 0 Å². The highest BCUT2D eigenvalue weighted by Gasteiger charge is 2.20. The van der Waals surface area contributed by atoms with E-state index in [9.17, 15) is 4.79 Å². The Balaban J connectivity index is 1.60. The molecule has 1 aliphatic rings. The van der Waals surface area contributed by atoms with E-state index in [0.717, 1.165) is 24.5 Å². The van der Waals surface area contributed by atoms with Crippen LogP contribution in [0.2, 0.25) is 0 Å². The van der Waals surface area contributed by atoms with Crippen LogP contribution in [0.25, 0.3) is 0 Å². The van der Waals surface area contributed by atoms with Crippen molar-refractivity contribution in [2.45, 2.75) is 58.5 Å². The van der Waals surface area contributed by atoms with Crippen LogP contribution in [0, 0.1) is 0 Å². The molecule has 1 heterocycles. The minimum Gasteiger partial charge on any atom is -0.481 e. The van der Waals surface area contributed by atoms with Crippen molar-refractivity contribution >= 4 is 17.3 Å². The molecule has 0 saturated carbocycles. The van der Waals surface area contributed by atoms with Crippen LogP contribution in [0.4, 0.5) is 11.4 Å². The molecular formula is C24H32N2O2. The average Bonchev–Trinajstić information content (AvgIpc) is 3.21. The van der Waals surface area contributed by atoms with Gasteiger partial charge in [0, 0.05) is 24.5 Å². The number of amides is 1. The van der Waals surface area contributed by atoms with Gasteiger partial charge in [0.25, 0.3) is 5.91 Å². The van der Waals surface area contributed by atoms with Gasteiger partial charge < -0.3 is 15.0 Å². The maximum absolute atomic E-state index is 12.7. The minimum atomic E-state index is -0.515. The van der Waals surface area contributed by atoms with Crippen molar-refractivity contribution in [2.24, 2.45) is 0 Å². The highest BCUT2D eigenvalue weighted by molar-refractivity contribution is 5.94. The van der Waals surface area contributed by atoms with Gasteiger partial charge in [-0.1, -0.05) is 39.8 Å². The molecule has 1 atom stereocenters. The maximum atomic E-state index is 12.7. The number of carbonyl (C=O) groups is 1. The Morgan fingerprint density at radius 1 is 1.04 bits per heavy atom. The van der Waals surface area contributed by atoms with Crippen molar-refractivity contribution in [3.05, 3.63) is 54.1 Å². The number of nitrogens with one attached hydrogen (secondary N) is 1. The van der Waals surface area contributed by atoms with Crippen molar-refractivity contribution < 1.29 is 9.53 Å². The number of ether oxygens (including phenoxy) is 1. The molecule has 1 amide bonds. The second-order valence-corrected chi connectivity index (χ2v) is 8.52. The topological polar surface area (TPSA) is 41.6 Å². The summed E-state index contributed by atoms with van der Waals surface area (Å²) in [7, 11) is 0. The van der Waals surface area contributed by atoms with Gasteiger partial charge in [0.1, 0.15) is 5.75 Å². The molecule has 3 rings (SSSR count). The summed E-state index contributed by atoms with van der Waals surface area (Å²) in [5, 5.41) is 2.98. The van der Waals surface area contributed by atoms with E-state index in [1.807, 2.05) is 31.2 Å². The van der Waals surface area contributed by atoms with Crippen LogP contribution in [-0.4, -0.2) is 25.1 Å². The highest BCUT2D eigenvalue weighted by atomic mass is 16.5. The Hall–Kier alpha value is -2.49. The molecule has 0 radical (unpaired) electrons. The van der Waals surface area contributed by atoms with Gasteiger partial charge in [-0.15, -0.1) is 0 Å². The molecule has 0 spiro atoms. The molecule has 2 aromatic rings. The molecule has 2 aromatic carbocycles. The van der Waals surface area contributed by atoms with Crippen LogP contribution in [-0.2, 0) is 10.2 Å². The number of anilines is 2. The summed E-state index contributed by atoms with van der Waals surface area (Å²) >= 11 is 0. The second kappa shape index (κ2) is 8.68. The number of nitrogens with zero attached hydrogens (tertiary/aromatic N) is 1. The molecule has 4 nitrogen and oxygen atoms in total. The van der Waals surface area contributed by atoms with Gasteiger partial charge in [-0.05, 0) is 66.6 Å². The fourth-order valence-corrected chi connectivity index (χ4v) is 3.47. The van der Waals surface area contributed by atoms with Crippen LogP contribution in [0.5, 0.6) is 5.75 Å². The third-order valence-corrected chi connectivity index (χ3v) is 5.27. The van der Waals surface area contributed by atoms with Gasteiger partial charge in [0.15, 0.2) is 6.10 Å². The average molecular weight is 381 g/mol. The Labute approximate surface area is 168 Å². The van der Waals surface area contributed by atoms with Gasteiger partial charge in [0.2, 0.25) is 0 Å². The Kier molecular flexibility index (Phi) is 6.28. The van der Waals surface area contributed by atoms with Crippen LogP contribution in [0.3, 0.4) is 0 Å². The summed E-state index contributed by atoms with van der Waals surface area (Å²) in [5.41, 5.74) is 3.37. The van der Waals surface area contributed by atoms with Crippen molar-refractivity contribution in [3.8, 4) is 5.75 Å². The molecule has 1 aliphatic heterocycles. The summed E-state index contributed by atoms with van der Waals surface area (Å²) in [5.74, 6) is 0.607. The largest absolute Gasteiger partial charge is 0.481 e. The summed E-state index contributed by atoms with van der Waals surface area (Å²) < 4.78 is 5.95. The fourth-order valence-electron chi connectivity index (χ4n) is 3.47. The summed E-state index contributed by atoms with van der Waals surface area (Å²) in [6, 6.07) is 16.1. The predicted molar refractivity (Wildman–Crippen MR) is 116 cm³/mol. The SMILES string of the molecule is CC[C@@H](Oc1ccc(C(C)(C)C)cc1)C(=O)Nc1ccc(N2CCCC2)cc1. The molecule has 0 aromatic heterocycles. The Morgan fingerprint density at radius 2 is 1.64 bits per heavy atom. The molecule has 0 unspecified atom stereocenters. The van der Waals surface area contributed by atoms with Crippen LogP contribution < -0.4 is 15.0 Å². The smallest absolute Gasteiger partial charge is 0.265 e. The fraction of sp³-hybridized carbons (Fsp3) is 0.458. The molecule has 150 valence electrons. The summed E-state index contributed by atoms with van der Waals surface area (Å²) in [6.45, 7) is 10.7. The van der Waals surface area contributed by atoms with Crippen LogP contribution in [0.15, 0.2) is 48.5 Å². The molecule has 28 heavy (non-hydrogen) atoms. The summed E-state index contributed by atoms with van der Waals surface area (Å²) in [6.07, 6.45) is 2.60. The molecule has 1 saturated heterocycles. The van der Waals surface area contributed by atoms with E-state index in [4.69, 9.17) is 4.74 Å². The monoisotopic (exact) mass is 380 g/mol. The Morgan fingerprint density at radius 3 is 2.18 bits per heavy atom. The molecule has 0 bridgehead atoms. The zero-order valence-corrected chi connectivity index (χ0v) is 17.5. The van der Waals surface area contributed by atoms with Crippen LogP contribution >= 0.6 is 0 Å². The minimum absolute atomic E-state index is 0.0985. The standard InChI is InChI=1S/C24H32N2O2/c1-5-22(28-21-14-8-18(9-15-21)24(2,3)4)23(27)25-19-10-12-20(13-11-19)26-16-6-7-17-26/h8-15,22H,5-7,16-17H2,1-4H3,(H,25,27)/t22-/m1/s1. The Bertz CT molecular complexity index is 770. The lowest BCUT2D eigenvalue weighted by molar-refractivity contribution is -0.122. The van der Waals surface area contributed by atoms with Gasteiger partial charge in [0.05, 0.1) is 0 Å². The lowest BCUT2D eigenvalue weighted by Crippen LogP contribution is -2.32. The molecule has 0 aliphatic carbocycles. The van der Waals surface area contributed by atoms with E-state index in [-0.39, 0.29) is 11.3 Å². The highest BCUT2D eigenvalue weighted by Crippen LogP contribution is 2.25. The van der Waals surface area contributed by atoms with E-state index in [2.05, 4.69) is 55.3 Å². The van der Waals surface area contributed by atoms with E-state index in [0.29, 0.717) is 6.42 Å². The van der Waals surface area contributed by atoms with Gasteiger partial charge in [-0.25, -0.2) is 0 Å². The van der Waals surface area contributed by atoms with Gasteiger partial charge in [-0.2, -0.15) is 0 Å². The molecular weight excluding hydrogens is 348 g/mol. The van der Waals surface area contributed by atoms with Gasteiger partial charge in [-0.3, -0.25) is 4.79 Å².